The van der Waals surface area contributed by atoms with E-state index in [1.54, 1.807) is 6.07 Å². The molecule has 2 aromatic rings. The summed E-state index contributed by atoms with van der Waals surface area (Å²) in [7, 11) is -2.13. The Kier molecular flexibility index (Phi) is 3.68. The maximum absolute atomic E-state index is 11.7. The van der Waals surface area contributed by atoms with Crippen LogP contribution in [0, 0.1) is 0 Å². The highest BCUT2D eigenvalue weighted by molar-refractivity contribution is 7.85. The zero-order valence-electron chi connectivity index (χ0n) is 13.7. The van der Waals surface area contributed by atoms with E-state index in [-0.39, 0.29) is 24.8 Å². The standard InChI is InChI=1S/C18H16O6S/c1-22-18(19)11-4-6-13-15(8-11)17-12-5-3-10(9-23-25(2,20)21)7-14(12)16(13)24-17/h3-8,16-17H,9H2,1-2H3/t16-,17-/m0/s1. The number of esters is 1. The maximum Gasteiger partial charge on any atom is 0.337 e. The minimum absolute atomic E-state index is 0.00235. The SMILES string of the molecule is COC(=O)c1ccc2c(c1)[C@H]1O[C@@H]2c2cc(COS(C)(=O)=O)ccc21. The summed E-state index contributed by atoms with van der Waals surface area (Å²) >= 11 is 0. The lowest BCUT2D eigenvalue weighted by Crippen LogP contribution is -2.08. The molecule has 4 rings (SSSR count). The first-order valence-corrected chi connectivity index (χ1v) is 9.54. The molecule has 0 saturated heterocycles. The van der Waals surface area contributed by atoms with Crippen molar-refractivity contribution >= 4 is 16.1 Å². The first kappa shape index (κ1) is 16.3. The molecular formula is C18H16O6S. The van der Waals surface area contributed by atoms with Gasteiger partial charge in [0.05, 0.1) is 25.5 Å². The highest BCUT2D eigenvalue weighted by atomic mass is 32.2. The first-order valence-electron chi connectivity index (χ1n) is 7.72. The Balaban J connectivity index is 1.66. The summed E-state index contributed by atoms with van der Waals surface area (Å²) in [6.07, 6.45) is 0.602. The lowest BCUT2D eigenvalue weighted by Gasteiger charge is -2.17. The summed E-state index contributed by atoms with van der Waals surface area (Å²) in [4.78, 5) is 11.7. The smallest absolute Gasteiger partial charge is 0.337 e. The fourth-order valence-electron chi connectivity index (χ4n) is 3.40. The maximum atomic E-state index is 11.7. The van der Waals surface area contributed by atoms with Gasteiger partial charge in [-0.3, -0.25) is 4.18 Å². The van der Waals surface area contributed by atoms with Crippen molar-refractivity contribution in [1.82, 2.24) is 0 Å². The molecule has 0 spiro atoms. The zero-order valence-corrected chi connectivity index (χ0v) is 14.5. The molecule has 2 aliphatic rings. The van der Waals surface area contributed by atoms with Gasteiger partial charge in [-0.25, -0.2) is 4.79 Å². The highest BCUT2D eigenvalue weighted by Crippen LogP contribution is 2.54. The number of rotatable bonds is 4. The van der Waals surface area contributed by atoms with Gasteiger partial charge in [0.15, 0.2) is 0 Å². The van der Waals surface area contributed by atoms with Gasteiger partial charge in [0.2, 0.25) is 0 Å². The number of hydrogen-bond donors (Lipinski definition) is 0. The van der Waals surface area contributed by atoms with Crippen LogP contribution in [-0.4, -0.2) is 27.8 Å². The van der Waals surface area contributed by atoms with Crippen LogP contribution in [0.3, 0.4) is 0 Å². The molecule has 2 heterocycles. The third kappa shape index (κ3) is 2.74. The Morgan fingerprint density at radius 1 is 1.04 bits per heavy atom. The second-order valence-electron chi connectivity index (χ2n) is 6.16. The number of fused-ring (bicyclic) bond motifs is 8. The van der Waals surface area contributed by atoms with E-state index in [2.05, 4.69) is 0 Å². The van der Waals surface area contributed by atoms with E-state index >= 15 is 0 Å². The normalized spacial score (nSPS) is 20.2. The van der Waals surface area contributed by atoms with E-state index in [9.17, 15) is 13.2 Å². The van der Waals surface area contributed by atoms with E-state index in [1.807, 2.05) is 30.3 Å². The van der Waals surface area contributed by atoms with E-state index in [4.69, 9.17) is 13.7 Å². The number of carbonyl (C=O) groups is 1. The second kappa shape index (κ2) is 5.66. The summed E-state index contributed by atoms with van der Waals surface area (Å²) in [5.74, 6) is -0.376. The molecule has 0 aliphatic carbocycles. The van der Waals surface area contributed by atoms with Crippen LogP contribution in [0.1, 0.15) is 50.4 Å². The number of methoxy groups -OCH3 is 1. The summed E-state index contributed by atoms with van der Waals surface area (Å²) in [6, 6.07) is 11.1. The van der Waals surface area contributed by atoms with Gasteiger partial charge in [-0.1, -0.05) is 24.3 Å². The van der Waals surface area contributed by atoms with Gasteiger partial charge in [0.1, 0.15) is 12.2 Å². The zero-order chi connectivity index (χ0) is 17.8. The molecule has 2 aliphatic heterocycles. The Bertz CT molecular complexity index is 979. The quantitative estimate of drug-likeness (QED) is 0.616. The number of ether oxygens (including phenoxy) is 2. The monoisotopic (exact) mass is 360 g/mol. The van der Waals surface area contributed by atoms with Crippen LogP contribution in [0.4, 0.5) is 0 Å². The van der Waals surface area contributed by atoms with Crippen molar-refractivity contribution in [2.75, 3.05) is 13.4 Å². The van der Waals surface area contributed by atoms with Gasteiger partial charge in [-0.05, 0) is 39.9 Å². The van der Waals surface area contributed by atoms with Gasteiger partial charge < -0.3 is 9.47 Å². The third-order valence-electron chi connectivity index (χ3n) is 4.50. The van der Waals surface area contributed by atoms with Crippen molar-refractivity contribution < 1.29 is 26.9 Å². The molecule has 2 aromatic carbocycles. The van der Waals surface area contributed by atoms with Crippen LogP contribution >= 0.6 is 0 Å². The molecular weight excluding hydrogens is 344 g/mol. The van der Waals surface area contributed by atoms with Gasteiger partial charge in [-0.15, -0.1) is 0 Å². The number of hydrogen-bond acceptors (Lipinski definition) is 6. The largest absolute Gasteiger partial charge is 0.465 e. The van der Waals surface area contributed by atoms with E-state index < -0.39 is 10.1 Å². The van der Waals surface area contributed by atoms with Gasteiger partial charge >= 0.3 is 5.97 Å². The minimum atomic E-state index is -3.49. The molecule has 2 bridgehead atoms. The number of carbonyl (C=O) groups excluding carboxylic acids is 1. The van der Waals surface area contributed by atoms with Gasteiger partial charge in [0, 0.05) is 0 Å². The molecule has 0 radical (unpaired) electrons. The Morgan fingerprint density at radius 3 is 2.32 bits per heavy atom. The van der Waals surface area contributed by atoms with Crippen LogP contribution in [0.2, 0.25) is 0 Å². The third-order valence-corrected chi connectivity index (χ3v) is 5.05. The summed E-state index contributed by atoms with van der Waals surface area (Å²) < 4.78 is 38.0. The fraction of sp³-hybridized carbons (Fsp3) is 0.278. The molecule has 0 amide bonds. The summed E-state index contributed by atoms with van der Waals surface area (Å²) in [5.41, 5.74) is 5.30. The van der Waals surface area contributed by atoms with Crippen LogP contribution in [0.5, 0.6) is 0 Å². The molecule has 7 heteroatoms. The van der Waals surface area contributed by atoms with Crippen LogP contribution in [0.25, 0.3) is 0 Å². The summed E-state index contributed by atoms with van der Waals surface area (Å²) in [5, 5.41) is 0. The minimum Gasteiger partial charge on any atom is -0.465 e. The molecule has 6 nitrogen and oxygen atoms in total. The molecule has 0 unspecified atom stereocenters. The number of benzene rings is 2. The van der Waals surface area contributed by atoms with Crippen LogP contribution < -0.4 is 0 Å². The molecule has 25 heavy (non-hydrogen) atoms. The van der Waals surface area contributed by atoms with Crippen molar-refractivity contribution in [1.29, 1.82) is 0 Å². The fourth-order valence-corrected chi connectivity index (χ4v) is 3.75. The Labute approximate surface area is 145 Å². The van der Waals surface area contributed by atoms with E-state index in [0.717, 1.165) is 34.1 Å². The highest BCUT2D eigenvalue weighted by Gasteiger charge is 2.43. The van der Waals surface area contributed by atoms with Crippen molar-refractivity contribution in [3.05, 3.63) is 69.8 Å². The first-order chi connectivity index (χ1) is 11.9. The second-order valence-corrected chi connectivity index (χ2v) is 7.80. The van der Waals surface area contributed by atoms with Gasteiger partial charge in [0.25, 0.3) is 10.1 Å². The van der Waals surface area contributed by atoms with Crippen molar-refractivity contribution in [3.8, 4) is 0 Å². The Hall–Kier alpha value is -2.22. The Morgan fingerprint density at radius 2 is 1.68 bits per heavy atom. The molecule has 0 aromatic heterocycles. The van der Waals surface area contributed by atoms with Crippen LogP contribution in [-0.2, 0) is 30.4 Å². The molecule has 0 saturated carbocycles. The topological polar surface area (TPSA) is 78.9 Å². The predicted octanol–water partition coefficient (Wildman–Crippen LogP) is 2.47. The average molecular weight is 360 g/mol. The van der Waals surface area contributed by atoms with Gasteiger partial charge in [-0.2, -0.15) is 8.42 Å². The molecule has 0 fully saturated rings. The van der Waals surface area contributed by atoms with E-state index in [1.165, 1.54) is 7.11 Å². The van der Waals surface area contributed by atoms with E-state index in [0.29, 0.717) is 5.56 Å². The average Bonchev–Trinajstić information content (AvgIpc) is 3.15. The lowest BCUT2D eigenvalue weighted by atomic mass is 9.84. The lowest BCUT2D eigenvalue weighted by molar-refractivity contribution is 0.0600. The molecule has 0 N–H and O–H groups in total. The van der Waals surface area contributed by atoms with Crippen LogP contribution in [0.15, 0.2) is 36.4 Å². The summed E-state index contributed by atoms with van der Waals surface area (Å²) in [6.45, 7) is -0.00235. The predicted molar refractivity (Wildman–Crippen MR) is 88.6 cm³/mol. The molecule has 2 atom stereocenters. The molecule has 130 valence electrons. The van der Waals surface area contributed by atoms with Crippen molar-refractivity contribution in [2.45, 2.75) is 18.8 Å². The van der Waals surface area contributed by atoms with Crippen molar-refractivity contribution in [3.63, 3.8) is 0 Å². The van der Waals surface area contributed by atoms with Crippen molar-refractivity contribution in [2.24, 2.45) is 0 Å².